The summed E-state index contributed by atoms with van der Waals surface area (Å²) in [5.41, 5.74) is -0.479. The van der Waals surface area contributed by atoms with Gasteiger partial charge in [0.2, 0.25) is 5.91 Å². The Bertz CT molecular complexity index is 1180. The number of ether oxygens (including phenoxy) is 1. The van der Waals surface area contributed by atoms with Crippen molar-refractivity contribution in [3.05, 3.63) is 65.0 Å². The maximum atomic E-state index is 13.0. The molecule has 40 heavy (non-hydrogen) atoms. The summed E-state index contributed by atoms with van der Waals surface area (Å²) in [7, 11) is 0. The fourth-order valence-corrected chi connectivity index (χ4v) is 5.54. The van der Waals surface area contributed by atoms with Crippen molar-refractivity contribution >= 4 is 11.8 Å². The number of carbonyl (C=O) groups is 2. The number of pyridine rings is 1. The number of hydrogen-bond donors (Lipinski definition) is 3. The van der Waals surface area contributed by atoms with E-state index in [1.165, 1.54) is 6.07 Å². The lowest BCUT2D eigenvalue weighted by Crippen LogP contribution is -2.48. The summed E-state index contributed by atoms with van der Waals surface area (Å²) in [5, 5.41) is 16.6. The van der Waals surface area contributed by atoms with Gasteiger partial charge >= 0.3 is 6.18 Å². The number of aromatic nitrogens is 1. The molecule has 4 rings (SSSR count). The number of likely N-dealkylation sites (tertiary alicyclic amines) is 1. The summed E-state index contributed by atoms with van der Waals surface area (Å²) in [6.45, 7) is 5.28. The summed E-state index contributed by atoms with van der Waals surface area (Å²) in [6, 6.07) is 9.68. The van der Waals surface area contributed by atoms with Gasteiger partial charge in [0.15, 0.2) is 0 Å². The lowest BCUT2D eigenvalue weighted by Gasteiger charge is -2.39. The lowest BCUT2D eigenvalue weighted by molar-refractivity contribution is -0.137. The molecule has 1 aliphatic carbocycles. The first-order chi connectivity index (χ1) is 19.0. The number of nitrogens with one attached hydrogen (secondary N) is 2. The molecule has 2 atom stereocenters. The van der Waals surface area contributed by atoms with Gasteiger partial charge in [-0.3, -0.25) is 19.5 Å². The first-order valence-corrected chi connectivity index (χ1v) is 13.8. The number of nitrogens with zero attached hydrogens (tertiary/aromatic N) is 2. The zero-order chi connectivity index (χ0) is 28.9. The Morgan fingerprint density at radius 3 is 2.55 bits per heavy atom. The largest absolute Gasteiger partial charge is 0.416 e. The highest BCUT2D eigenvalue weighted by Gasteiger charge is 2.42. The second-order valence-electron chi connectivity index (χ2n) is 10.7. The van der Waals surface area contributed by atoms with Crippen molar-refractivity contribution in [1.29, 1.82) is 0 Å². The first-order valence-electron chi connectivity index (χ1n) is 13.8. The van der Waals surface area contributed by atoms with Gasteiger partial charge in [0.05, 0.1) is 29.9 Å². The molecular formula is C29H37F3N4O4. The number of halogens is 3. The SMILES string of the molecule is CCCOC1CN(C2CCC(O)(c3cccc(C)n3)CC2)CC1NC(=O)CNC(=O)c1cccc(C(F)(F)F)c1. The molecule has 1 aliphatic heterocycles. The van der Waals surface area contributed by atoms with E-state index in [1.807, 2.05) is 32.0 Å². The summed E-state index contributed by atoms with van der Waals surface area (Å²) >= 11 is 0. The van der Waals surface area contributed by atoms with Crippen molar-refractivity contribution in [2.45, 2.75) is 75.9 Å². The quantitative estimate of drug-likeness (QED) is 0.432. The average Bonchev–Trinajstić information content (AvgIpc) is 3.32. The molecule has 1 saturated heterocycles. The van der Waals surface area contributed by atoms with Crippen LogP contribution in [0.25, 0.3) is 0 Å². The molecule has 218 valence electrons. The van der Waals surface area contributed by atoms with Crippen LogP contribution in [0, 0.1) is 6.92 Å². The van der Waals surface area contributed by atoms with Gasteiger partial charge in [0.25, 0.3) is 5.91 Å². The van der Waals surface area contributed by atoms with E-state index in [-0.39, 0.29) is 30.3 Å². The Morgan fingerprint density at radius 2 is 1.88 bits per heavy atom. The van der Waals surface area contributed by atoms with Gasteiger partial charge in [-0.15, -0.1) is 0 Å². The zero-order valence-corrected chi connectivity index (χ0v) is 22.8. The standard InChI is InChI=1S/C29H37F3N4O4/c1-3-14-40-24-18-36(22-10-12-28(39,13-11-22)25-9-4-6-19(2)34-25)17-23(24)35-26(37)16-33-27(38)20-7-5-8-21(15-20)29(30,31)32/h4-9,15,22-24,39H,3,10-14,16-18H2,1-2H3,(H,33,38)(H,35,37). The molecular weight excluding hydrogens is 525 g/mol. The van der Waals surface area contributed by atoms with Gasteiger partial charge in [-0.2, -0.15) is 13.2 Å². The average molecular weight is 563 g/mol. The van der Waals surface area contributed by atoms with Crippen LogP contribution < -0.4 is 10.6 Å². The van der Waals surface area contributed by atoms with E-state index >= 15 is 0 Å². The van der Waals surface area contributed by atoms with Crippen LogP contribution in [-0.2, 0) is 21.3 Å². The minimum Gasteiger partial charge on any atom is -0.384 e. The molecule has 1 saturated carbocycles. The number of aliphatic hydroxyl groups is 1. The minimum atomic E-state index is -4.57. The van der Waals surface area contributed by atoms with E-state index in [2.05, 4.69) is 20.5 Å². The Labute approximate surface area is 232 Å². The Hall–Kier alpha value is -3.02. The van der Waals surface area contributed by atoms with Gasteiger partial charge in [-0.25, -0.2) is 0 Å². The van der Waals surface area contributed by atoms with Crippen LogP contribution >= 0.6 is 0 Å². The predicted molar refractivity (Wildman–Crippen MR) is 142 cm³/mol. The van der Waals surface area contributed by atoms with Crippen molar-refractivity contribution in [2.24, 2.45) is 0 Å². The lowest BCUT2D eigenvalue weighted by atomic mass is 9.79. The number of hydrogen-bond acceptors (Lipinski definition) is 6. The highest BCUT2D eigenvalue weighted by Crippen LogP contribution is 2.39. The van der Waals surface area contributed by atoms with Crippen molar-refractivity contribution < 1.29 is 32.6 Å². The van der Waals surface area contributed by atoms with E-state index < -0.39 is 29.2 Å². The summed E-state index contributed by atoms with van der Waals surface area (Å²) < 4.78 is 44.9. The third-order valence-electron chi connectivity index (χ3n) is 7.70. The van der Waals surface area contributed by atoms with Gasteiger partial charge in [-0.05, 0) is 69.4 Å². The van der Waals surface area contributed by atoms with Crippen LogP contribution in [0.5, 0.6) is 0 Å². The summed E-state index contributed by atoms with van der Waals surface area (Å²) in [5.74, 6) is -1.20. The summed E-state index contributed by atoms with van der Waals surface area (Å²) in [4.78, 5) is 31.9. The normalized spacial score (nSPS) is 25.5. The van der Waals surface area contributed by atoms with Gasteiger partial charge in [-0.1, -0.05) is 19.1 Å². The van der Waals surface area contributed by atoms with Crippen molar-refractivity contribution in [3.8, 4) is 0 Å². The first kappa shape index (κ1) is 30.0. The number of amides is 2. The topological polar surface area (TPSA) is 104 Å². The number of carbonyl (C=O) groups excluding carboxylic acids is 2. The molecule has 2 heterocycles. The summed E-state index contributed by atoms with van der Waals surface area (Å²) in [6.07, 6.45) is -1.25. The van der Waals surface area contributed by atoms with E-state index in [0.717, 1.165) is 43.2 Å². The van der Waals surface area contributed by atoms with Gasteiger partial charge < -0.3 is 20.5 Å². The monoisotopic (exact) mass is 562 g/mol. The van der Waals surface area contributed by atoms with Crippen LogP contribution in [-0.4, -0.2) is 71.2 Å². The molecule has 1 aromatic heterocycles. The second-order valence-corrected chi connectivity index (χ2v) is 10.7. The number of alkyl halides is 3. The molecule has 1 aromatic carbocycles. The van der Waals surface area contributed by atoms with Crippen molar-refractivity contribution in [1.82, 2.24) is 20.5 Å². The zero-order valence-electron chi connectivity index (χ0n) is 22.8. The predicted octanol–water partition coefficient (Wildman–Crippen LogP) is 3.56. The Kier molecular flexibility index (Phi) is 9.48. The maximum Gasteiger partial charge on any atom is 0.416 e. The third-order valence-corrected chi connectivity index (χ3v) is 7.70. The molecule has 0 spiro atoms. The van der Waals surface area contributed by atoms with Gasteiger partial charge in [0.1, 0.15) is 5.60 Å². The molecule has 0 radical (unpaired) electrons. The molecule has 2 amide bonds. The highest BCUT2D eigenvalue weighted by atomic mass is 19.4. The van der Waals surface area contributed by atoms with Crippen LogP contribution in [0.2, 0.25) is 0 Å². The molecule has 2 aliphatic rings. The molecule has 2 fully saturated rings. The van der Waals surface area contributed by atoms with E-state index in [9.17, 15) is 27.9 Å². The highest BCUT2D eigenvalue weighted by molar-refractivity contribution is 5.96. The molecule has 2 aromatic rings. The fourth-order valence-electron chi connectivity index (χ4n) is 5.54. The molecule has 0 bridgehead atoms. The van der Waals surface area contributed by atoms with E-state index in [4.69, 9.17) is 4.74 Å². The van der Waals surface area contributed by atoms with Crippen LogP contribution in [0.3, 0.4) is 0 Å². The van der Waals surface area contributed by atoms with Crippen molar-refractivity contribution in [3.63, 3.8) is 0 Å². The second kappa shape index (κ2) is 12.7. The Balaban J connectivity index is 1.32. The van der Waals surface area contributed by atoms with Crippen LogP contribution in [0.4, 0.5) is 13.2 Å². The Morgan fingerprint density at radius 1 is 1.15 bits per heavy atom. The van der Waals surface area contributed by atoms with Crippen LogP contribution in [0.1, 0.15) is 66.3 Å². The maximum absolute atomic E-state index is 13.0. The van der Waals surface area contributed by atoms with E-state index in [1.54, 1.807) is 0 Å². The molecule has 3 N–H and O–H groups in total. The third kappa shape index (κ3) is 7.38. The fraction of sp³-hybridized carbons (Fsp3) is 0.552. The molecule has 11 heteroatoms. The number of rotatable bonds is 9. The van der Waals surface area contributed by atoms with Crippen LogP contribution in [0.15, 0.2) is 42.5 Å². The minimum absolute atomic E-state index is 0.169. The number of aryl methyl sites for hydroxylation is 1. The van der Waals surface area contributed by atoms with Gasteiger partial charge in [0, 0.05) is 37.0 Å². The molecule has 8 nitrogen and oxygen atoms in total. The molecule has 2 unspecified atom stereocenters. The smallest absolute Gasteiger partial charge is 0.384 e. The number of benzene rings is 1. The van der Waals surface area contributed by atoms with Crippen molar-refractivity contribution in [2.75, 3.05) is 26.2 Å². The van der Waals surface area contributed by atoms with E-state index in [0.29, 0.717) is 38.2 Å².